The van der Waals surface area contributed by atoms with Crippen LogP contribution >= 0.6 is 0 Å². The minimum atomic E-state index is 0.326. The maximum Gasteiger partial charge on any atom is 0.116 e. The molecule has 1 heterocycles. The van der Waals surface area contributed by atoms with Gasteiger partial charge in [-0.05, 0) is 23.8 Å². The summed E-state index contributed by atoms with van der Waals surface area (Å²) in [5.74, 6) is 0.694. The Morgan fingerprint density at radius 2 is 2.38 bits per heavy atom. The molecule has 0 amide bonds. The first-order chi connectivity index (χ1) is 6.22. The van der Waals surface area contributed by atoms with Crippen molar-refractivity contribution >= 4 is 5.69 Å². The summed E-state index contributed by atoms with van der Waals surface area (Å²) < 4.78 is 0. The van der Waals surface area contributed by atoms with Gasteiger partial charge in [0.05, 0.1) is 0 Å². The summed E-state index contributed by atoms with van der Waals surface area (Å²) in [5, 5.41) is 9.34. The fourth-order valence-electron chi connectivity index (χ4n) is 1.95. The fourth-order valence-corrected chi connectivity index (χ4v) is 1.95. The Labute approximate surface area is 77.8 Å². The highest BCUT2D eigenvalue weighted by Crippen LogP contribution is 2.36. The predicted octanol–water partition coefficient (Wildman–Crippen LogP) is 0.884. The molecular formula is C10H14N2O. The fraction of sp³-hybridized carbons (Fsp3) is 0.400. The summed E-state index contributed by atoms with van der Waals surface area (Å²) >= 11 is 0. The number of benzene rings is 1. The Balaban J connectivity index is 2.46. The van der Waals surface area contributed by atoms with E-state index in [1.54, 1.807) is 6.07 Å². The summed E-state index contributed by atoms with van der Waals surface area (Å²) in [5.41, 5.74) is 8.01. The van der Waals surface area contributed by atoms with Crippen molar-refractivity contribution in [2.45, 2.75) is 5.92 Å². The lowest BCUT2D eigenvalue weighted by Crippen LogP contribution is -2.20. The minimum Gasteiger partial charge on any atom is -0.508 e. The van der Waals surface area contributed by atoms with Crippen molar-refractivity contribution in [1.29, 1.82) is 0 Å². The molecule has 1 aromatic rings. The third-order valence-corrected chi connectivity index (χ3v) is 2.64. The SMILES string of the molecule is CN1CC(CN)c2cc(O)ccc21. The molecule has 2 rings (SSSR count). The molecule has 3 heteroatoms. The van der Waals surface area contributed by atoms with E-state index in [2.05, 4.69) is 4.90 Å². The number of phenolic OH excluding ortho intramolecular Hbond substituents is 1. The maximum atomic E-state index is 9.34. The smallest absolute Gasteiger partial charge is 0.116 e. The Kier molecular flexibility index (Phi) is 1.88. The third-order valence-electron chi connectivity index (χ3n) is 2.64. The van der Waals surface area contributed by atoms with E-state index < -0.39 is 0 Å². The Bertz CT molecular complexity index is 325. The van der Waals surface area contributed by atoms with Crippen molar-refractivity contribution in [3.05, 3.63) is 23.8 Å². The topological polar surface area (TPSA) is 49.5 Å². The average molecular weight is 178 g/mol. The lowest BCUT2D eigenvalue weighted by Gasteiger charge is -2.11. The molecule has 70 valence electrons. The second kappa shape index (κ2) is 2.92. The summed E-state index contributed by atoms with van der Waals surface area (Å²) in [6, 6.07) is 5.48. The molecule has 0 saturated carbocycles. The third kappa shape index (κ3) is 1.25. The Morgan fingerprint density at radius 1 is 1.62 bits per heavy atom. The van der Waals surface area contributed by atoms with E-state index in [0.29, 0.717) is 18.2 Å². The molecule has 0 bridgehead atoms. The van der Waals surface area contributed by atoms with Gasteiger partial charge >= 0.3 is 0 Å². The molecule has 1 atom stereocenters. The number of hydrogen-bond acceptors (Lipinski definition) is 3. The largest absolute Gasteiger partial charge is 0.508 e. The predicted molar refractivity (Wildman–Crippen MR) is 53.2 cm³/mol. The van der Waals surface area contributed by atoms with Crippen LogP contribution in [0.25, 0.3) is 0 Å². The minimum absolute atomic E-state index is 0.326. The first-order valence-electron chi connectivity index (χ1n) is 4.46. The van der Waals surface area contributed by atoms with Crippen LogP contribution in [-0.2, 0) is 0 Å². The number of phenols is 1. The molecule has 0 aliphatic carbocycles. The zero-order valence-corrected chi connectivity index (χ0v) is 7.70. The molecule has 0 radical (unpaired) electrons. The molecule has 1 aliphatic rings. The highest BCUT2D eigenvalue weighted by atomic mass is 16.3. The van der Waals surface area contributed by atoms with Gasteiger partial charge in [0.15, 0.2) is 0 Å². The van der Waals surface area contributed by atoms with Gasteiger partial charge in [-0.1, -0.05) is 0 Å². The second-order valence-corrected chi connectivity index (χ2v) is 3.56. The molecule has 1 unspecified atom stereocenters. The van der Waals surface area contributed by atoms with Gasteiger partial charge in [-0.15, -0.1) is 0 Å². The van der Waals surface area contributed by atoms with E-state index in [4.69, 9.17) is 5.73 Å². The first-order valence-corrected chi connectivity index (χ1v) is 4.46. The number of aromatic hydroxyl groups is 1. The van der Waals surface area contributed by atoms with Crippen molar-refractivity contribution in [3.63, 3.8) is 0 Å². The van der Waals surface area contributed by atoms with E-state index >= 15 is 0 Å². The standard InChI is InChI=1S/C10H14N2O/c1-12-6-7(5-11)9-4-8(13)2-3-10(9)12/h2-4,7,13H,5-6,11H2,1H3. The quantitative estimate of drug-likeness (QED) is 0.671. The number of nitrogens with two attached hydrogens (primary N) is 1. The van der Waals surface area contributed by atoms with Gasteiger partial charge in [0.25, 0.3) is 0 Å². The van der Waals surface area contributed by atoms with Crippen LogP contribution in [0.3, 0.4) is 0 Å². The summed E-state index contributed by atoms with van der Waals surface area (Å²) in [4.78, 5) is 2.17. The van der Waals surface area contributed by atoms with Crippen LogP contribution in [0.4, 0.5) is 5.69 Å². The molecule has 3 N–H and O–H groups in total. The van der Waals surface area contributed by atoms with Gasteiger partial charge < -0.3 is 15.7 Å². The molecular weight excluding hydrogens is 164 g/mol. The number of hydrogen-bond donors (Lipinski definition) is 2. The normalized spacial score (nSPS) is 20.5. The van der Waals surface area contributed by atoms with Crippen LogP contribution in [-0.4, -0.2) is 25.2 Å². The number of rotatable bonds is 1. The van der Waals surface area contributed by atoms with Gasteiger partial charge in [0.2, 0.25) is 0 Å². The van der Waals surface area contributed by atoms with Crippen molar-refractivity contribution in [3.8, 4) is 5.75 Å². The number of anilines is 1. The molecule has 0 aromatic heterocycles. The van der Waals surface area contributed by atoms with Crippen molar-refractivity contribution in [2.24, 2.45) is 5.73 Å². The monoisotopic (exact) mass is 178 g/mol. The average Bonchev–Trinajstić information content (AvgIpc) is 2.42. The van der Waals surface area contributed by atoms with Crippen LogP contribution in [0.1, 0.15) is 11.5 Å². The van der Waals surface area contributed by atoms with Gasteiger partial charge in [-0.25, -0.2) is 0 Å². The van der Waals surface area contributed by atoms with Crippen molar-refractivity contribution in [2.75, 3.05) is 25.0 Å². The van der Waals surface area contributed by atoms with Crippen LogP contribution in [0.5, 0.6) is 5.75 Å². The summed E-state index contributed by atoms with van der Waals surface area (Å²) in [6.07, 6.45) is 0. The summed E-state index contributed by atoms with van der Waals surface area (Å²) in [7, 11) is 2.05. The van der Waals surface area contributed by atoms with Gasteiger partial charge in [0.1, 0.15) is 5.75 Å². The van der Waals surface area contributed by atoms with Crippen LogP contribution in [0.2, 0.25) is 0 Å². The molecule has 0 fully saturated rings. The van der Waals surface area contributed by atoms with E-state index in [1.165, 1.54) is 11.3 Å². The van der Waals surface area contributed by atoms with Crippen molar-refractivity contribution < 1.29 is 5.11 Å². The molecule has 0 spiro atoms. The number of fused-ring (bicyclic) bond motifs is 1. The number of likely N-dealkylation sites (N-methyl/N-ethyl adjacent to an activating group) is 1. The van der Waals surface area contributed by atoms with Crippen LogP contribution in [0, 0.1) is 0 Å². The Hall–Kier alpha value is -1.22. The lowest BCUT2D eigenvalue weighted by molar-refractivity contribution is 0.474. The van der Waals surface area contributed by atoms with Gasteiger partial charge in [-0.2, -0.15) is 0 Å². The molecule has 1 aromatic carbocycles. The highest BCUT2D eigenvalue weighted by Gasteiger charge is 2.25. The zero-order chi connectivity index (χ0) is 9.42. The van der Waals surface area contributed by atoms with E-state index in [9.17, 15) is 5.11 Å². The van der Waals surface area contributed by atoms with Crippen LogP contribution < -0.4 is 10.6 Å². The molecule has 1 aliphatic heterocycles. The van der Waals surface area contributed by atoms with E-state index in [-0.39, 0.29) is 0 Å². The van der Waals surface area contributed by atoms with Gasteiger partial charge in [0, 0.05) is 31.7 Å². The lowest BCUT2D eigenvalue weighted by atomic mass is 10.0. The van der Waals surface area contributed by atoms with Gasteiger partial charge in [-0.3, -0.25) is 0 Å². The molecule has 3 nitrogen and oxygen atoms in total. The van der Waals surface area contributed by atoms with E-state index in [1.807, 2.05) is 19.2 Å². The van der Waals surface area contributed by atoms with Crippen molar-refractivity contribution in [1.82, 2.24) is 0 Å². The van der Waals surface area contributed by atoms with E-state index in [0.717, 1.165) is 6.54 Å². The Morgan fingerprint density at radius 3 is 3.08 bits per heavy atom. The molecule has 13 heavy (non-hydrogen) atoms. The molecule has 0 saturated heterocycles. The second-order valence-electron chi connectivity index (χ2n) is 3.56. The highest BCUT2D eigenvalue weighted by molar-refractivity contribution is 5.61. The maximum absolute atomic E-state index is 9.34. The van der Waals surface area contributed by atoms with Crippen LogP contribution in [0.15, 0.2) is 18.2 Å². The summed E-state index contributed by atoms with van der Waals surface area (Å²) in [6.45, 7) is 1.59. The zero-order valence-electron chi connectivity index (χ0n) is 7.70. The first kappa shape index (κ1) is 8.38. The number of nitrogens with zero attached hydrogens (tertiary/aromatic N) is 1.